The summed E-state index contributed by atoms with van der Waals surface area (Å²) in [5, 5.41) is 6.62. The molecule has 428 valence electrons. The molecule has 0 aliphatic heterocycles. The van der Waals surface area contributed by atoms with Gasteiger partial charge in [-0.05, 0) is 152 Å². The second-order valence-corrected chi connectivity index (χ2v) is 24.7. The fourth-order valence-corrected chi connectivity index (χ4v) is 14.6. The predicted octanol–water partition coefficient (Wildman–Crippen LogP) is 24.1. The van der Waals surface area contributed by atoms with Gasteiger partial charge < -0.3 is 18.6 Å². The monoisotopic (exact) mass is 1150 g/mol. The summed E-state index contributed by atoms with van der Waals surface area (Å²) in [4.78, 5) is 4.90. The molecule has 0 amide bonds. The lowest BCUT2D eigenvalue weighted by Crippen LogP contribution is -2.29. The van der Waals surface area contributed by atoms with E-state index >= 15 is 0 Å². The van der Waals surface area contributed by atoms with Gasteiger partial charge in [-0.1, -0.05) is 252 Å². The first kappa shape index (κ1) is 53.8. The number of fused-ring (bicyclic) bond motifs is 11. The summed E-state index contributed by atoms with van der Waals surface area (Å²) in [7, 11) is 0. The molecule has 0 saturated heterocycles. The van der Waals surface area contributed by atoms with Crippen molar-refractivity contribution in [3.05, 3.63) is 324 Å². The standard InChI is InChI=1S/C85H66N2O2/c1-53(2)57-41-45-61(46-42-57)86(77-39-21-37-72-70-35-19-33-68(81(70)88-83(72)77)64-29-15-13-23-55(64)5)63-49-50-74-75(51-63)85(59-25-9-7-10-26-59,60-27-11-8-12-28-60)76-52-79(66-31-17-18-32-67(66)80(74)76)87(62-47-43-58(44-48-62)54(3)4)78-40-22-38-73-71-36-20-34-69(82(71)89-84(73)78)65-30-16-14-24-56(65)6/h7-54H,1-6H3. The number of para-hydroxylation sites is 4. The molecule has 0 radical (unpaired) electrons. The highest BCUT2D eigenvalue weighted by atomic mass is 16.3. The summed E-state index contributed by atoms with van der Waals surface area (Å²) in [5.74, 6) is 0.724. The van der Waals surface area contributed by atoms with Gasteiger partial charge in [0.15, 0.2) is 11.2 Å². The predicted molar refractivity (Wildman–Crippen MR) is 374 cm³/mol. The average Bonchev–Trinajstić information content (AvgIpc) is 1.57. The van der Waals surface area contributed by atoms with Crippen LogP contribution in [0.2, 0.25) is 0 Å². The van der Waals surface area contributed by atoms with E-state index in [4.69, 9.17) is 8.83 Å². The highest BCUT2D eigenvalue weighted by molar-refractivity contribution is 6.17. The van der Waals surface area contributed by atoms with Gasteiger partial charge in [0, 0.05) is 55.1 Å². The van der Waals surface area contributed by atoms with Crippen molar-refractivity contribution in [3.63, 3.8) is 0 Å². The SMILES string of the molecule is Cc1ccccc1-c1cccc2c1oc1c(N(c3ccc(C(C)C)cc3)c3ccc4c(c3)C(c3ccccc3)(c3ccccc3)c3cc(N(c5ccc(C(C)C)cc5)c5cccc6c5oc5c(-c7ccccc7C)cccc56)c5ccccc5c3-4)cccc12. The highest BCUT2D eigenvalue weighted by Crippen LogP contribution is 2.61. The van der Waals surface area contributed by atoms with Gasteiger partial charge in [0.2, 0.25) is 0 Å². The van der Waals surface area contributed by atoms with Crippen molar-refractivity contribution < 1.29 is 8.83 Å². The van der Waals surface area contributed by atoms with Crippen molar-refractivity contribution in [2.45, 2.75) is 58.8 Å². The molecular weight excluding hydrogens is 1080 g/mol. The summed E-state index contributed by atoms with van der Waals surface area (Å²) < 4.78 is 14.7. The summed E-state index contributed by atoms with van der Waals surface area (Å²) in [6, 6.07) is 103. The lowest BCUT2D eigenvalue weighted by Gasteiger charge is -2.36. The molecule has 0 N–H and O–H groups in total. The largest absolute Gasteiger partial charge is 0.453 e. The van der Waals surface area contributed by atoms with Gasteiger partial charge in [0.1, 0.15) is 11.2 Å². The molecule has 4 nitrogen and oxygen atoms in total. The molecule has 89 heavy (non-hydrogen) atoms. The zero-order chi connectivity index (χ0) is 60.1. The van der Waals surface area contributed by atoms with E-state index in [1.54, 1.807) is 0 Å². The topological polar surface area (TPSA) is 32.8 Å². The van der Waals surface area contributed by atoms with Gasteiger partial charge in [-0.15, -0.1) is 0 Å². The number of benzene rings is 13. The van der Waals surface area contributed by atoms with Crippen molar-refractivity contribution in [1.82, 2.24) is 0 Å². The molecule has 0 unspecified atom stereocenters. The zero-order valence-corrected chi connectivity index (χ0v) is 50.9. The van der Waals surface area contributed by atoms with Crippen LogP contribution in [0.1, 0.15) is 84.0 Å². The number of hydrogen-bond donors (Lipinski definition) is 0. The second-order valence-electron chi connectivity index (χ2n) is 24.7. The Bertz CT molecular complexity index is 5180. The fourth-order valence-electron chi connectivity index (χ4n) is 14.6. The fraction of sp³-hybridized carbons (Fsp3) is 0.106. The molecule has 2 aromatic heterocycles. The van der Waals surface area contributed by atoms with Crippen LogP contribution >= 0.6 is 0 Å². The molecule has 4 heteroatoms. The van der Waals surface area contributed by atoms with Gasteiger partial charge in [-0.3, -0.25) is 0 Å². The van der Waals surface area contributed by atoms with Crippen molar-refractivity contribution in [3.8, 4) is 33.4 Å². The minimum atomic E-state index is -0.816. The van der Waals surface area contributed by atoms with Crippen molar-refractivity contribution in [2.24, 2.45) is 0 Å². The Morgan fingerprint density at radius 2 is 0.697 bits per heavy atom. The van der Waals surface area contributed by atoms with Crippen LogP contribution in [0.3, 0.4) is 0 Å². The van der Waals surface area contributed by atoms with Crippen LogP contribution < -0.4 is 9.80 Å². The van der Waals surface area contributed by atoms with Gasteiger partial charge >= 0.3 is 0 Å². The lowest BCUT2D eigenvalue weighted by atomic mass is 9.67. The second kappa shape index (κ2) is 21.3. The molecular formula is C85H66N2O2. The molecule has 0 spiro atoms. The third-order valence-electron chi connectivity index (χ3n) is 19.0. The van der Waals surface area contributed by atoms with E-state index in [2.05, 4.69) is 330 Å². The smallest absolute Gasteiger partial charge is 0.159 e. The van der Waals surface area contributed by atoms with E-state index in [1.807, 2.05) is 0 Å². The third-order valence-corrected chi connectivity index (χ3v) is 19.0. The van der Waals surface area contributed by atoms with E-state index in [0.29, 0.717) is 11.8 Å². The van der Waals surface area contributed by atoms with Gasteiger partial charge in [0.05, 0.1) is 22.5 Å². The van der Waals surface area contributed by atoms with E-state index in [1.165, 1.54) is 61.0 Å². The van der Waals surface area contributed by atoms with E-state index < -0.39 is 5.41 Å². The molecule has 2 heterocycles. The quantitative estimate of drug-likeness (QED) is 0.122. The Morgan fingerprint density at radius 3 is 1.20 bits per heavy atom. The summed E-state index contributed by atoms with van der Waals surface area (Å²) in [5.41, 5.74) is 25.3. The Labute approximate surface area is 520 Å². The first-order valence-electron chi connectivity index (χ1n) is 31.3. The zero-order valence-electron chi connectivity index (χ0n) is 50.9. The first-order chi connectivity index (χ1) is 43.6. The lowest BCUT2D eigenvalue weighted by molar-refractivity contribution is 0.670. The Balaban J connectivity index is 0.978. The number of nitrogens with zero attached hydrogens (tertiary/aromatic N) is 2. The minimum absolute atomic E-state index is 0.358. The molecule has 0 fully saturated rings. The van der Waals surface area contributed by atoms with Crippen LogP contribution in [0.15, 0.2) is 288 Å². The van der Waals surface area contributed by atoms with Crippen molar-refractivity contribution in [2.75, 3.05) is 9.80 Å². The summed E-state index contributed by atoms with van der Waals surface area (Å²) in [6.07, 6.45) is 0. The summed E-state index contributed by atoms with van der Waals surface area (Å²) >= 11 is 0. The highest BCUT2D eigenvalue weighted by Gasteiger charge is 2.48. The molecule has 1 aliphatic carbocycles. The van der Waals surface area contributed by atoms with Crippen LogP contribution in [0.4, 0.5) is 34.1 Å². The molecule has 0 saturated carbocycles. The van der Waals surface area contributed by atoms with E-state index in [0.717, 1.165) is 106 Å². The average molecular weight is 1150 g/mol. The van der Waals surface area contributed by atoms with Crippen LogP contribution in [-0.4, -0.2) is 0 Å². The van der Waals surface area contributed by atoms with Crippen molar-refractivity contribution in [1.29, 1.82) is 0 Å². The molecule has 16 rings (SSSR count). The maximum Gasteiger partial charge on any atom is 0.159 e. The van der Waals surface area contributed by atoms with Gasteiger partial charge in [-0.25, -0.2) is 0 Å². The van der Waals surface area contributed by atoms with Crippen LogP contribution in [0.25, 0.3) is 88.0 Å². The molecule has 0 bridgehead atoms. The third kappa shape index (κ3) is 8.49. The number of aryl methyl sites for hydroxylation is 2. The molecule has 15 aromatic rings. The maximum absolute atomic E-state index is 7.39. The van der Waals surface area contributed by atoms with Crippen LogP contribution in [0, 0.1) is 13.8 Å². The van der Waals surface area contributed by atoms with E-state index in [9.17, 15) is 0 Å². The maximum atomic E-state index is 7.39. The van der Waals surface area contributed by atoms with E-state index in [-0.39, 0.29) is 0 Å². The van der Waals surface area contributed by atoms with Crippen molar-refractivity contribution >= 4 is 88.8 Å². The first-order valence-corrected chi connectivity index (χ1v) is 31.3. The molecule has 1 aliphatic rings. The van der Waals surface area contributed by atoms with Gasteiger partial charge in [0.25, 0.3) is 0 Å². The normalized spacial score (nSPS) is 12.7. The number of rotatable bonds is 12. The number of furan rings is 2. The minimum Gasteiger partial charge on any atom is -0.453 e. The van der Waals surface area contributed by atoms with Crippen LogP contribution in [-0.2, 0) is 5.41 Å². The Morgan fingerprint density at radius 1 is 0.292 bits per heavy atom. The van der Waals surface area contributed by atoms with Gasteiger partial charge in [-0.2, -0.15) is 0 Å². The Hall–Kier alpha value is -10.7. The van der Waals surface area contributed by atoms with Crippen LogP contribution in [0.5, 0.6) is 0 Å². The number of anilines is 6. The summed E-state index contributed by atoms with van der Waals surface area (Å²) in [6.45, 7) is 13.4. The Kier molecular flexibility index (Phi) is 12.9. The molecule has 13 aromatic carbocycles. The number of hydrogen-bond acceptors (Lipinski definition) is 4. The molecule has 0 atom stereocenters.